The molecule has 1 rings (SSSR count). The molecule has 0 atom stereocenters. The van der Waals surface area contributed by atoms with E-state index in [2.05, 4.69) is 0 Å². The van der Waals surface area contributed by atoms with E-state index in [9.17, 15) is 9.59 Å². The van der Waals surface area contributed by atoms with Gasteiger partial charge >= 0.3 is 0 Å². The molecule has 0 aromatic heterocycles. The van der Waals surface area contributed by atoms with Crippen molar-refractivity contribution in [2.24, 2.45) is 0 Å². The van der Waals surface area contributed by atoms with Gasteiger partial charge in [-0.15, -0.1) is 0 Å². The number of Topliss-reactive ketones (excluding diaryl/α,β-unsaturated/α-hetero) is 2. The molecule has 0 amide bonds. The third-order valence-electron chi connectivity index (χ3n) is 1.62. The van der Waals surface area contributed by atoms with E-state index in [1.54, 1.807) is 0 Å². The van der Waals surface area contributed by atoms with Crippen LogP contribution in [0, 0.1) is 22.7 Å². The molecule has 0 radical (unpaired) electrons. The van der Waals surface area contributed by atoms with Crippen molar-refractivity contribution < 1.29 is 29.1 Å². The number of rotatable bonds is 2. The van der Waals surface area contributed by atoms with Gasteiger partial charge in [-0.25, -0.2) is 0 Å². The van der Waals surface area contributed by atoms with E-state index in [1.165, 1.54) is 36.4 Å². The Kier molecular flexibility index (Phi) is 5.09. The normalized spacial score (nSPS) is 7.87. The fourth-order valence-electron chi connectivity index (χ4n) is 1.000. The SMILES string of the molecule is N#CC(=O)c1ccccc1C(=O)C#N.[Zn]. The van der Waals surface area contributed by atoms with Crippen LogP contribution in [0.15, 0.2) is 24.3 Å². The van der Waals surface area contributed by atoms with Gasteiger partial charge < -0.3 is 0 Å². The molecule has 0 aliphatic rings. The van der Waals surface area contributed by atoms with Crippen LogP contribution in [0.25, 0.3) is 0 Å². The summed E-state index contributed by atoms with van der Waals surface area (Å²) < 4.78 is 0. The molecule has 0 fully saturated rings. The molecule has 15 heavy (non-hydrogen) atoms. The fraction of sp³-hybridized carbons (Fsp3) is 0. The third-order valence-corrected chi connectivity index (χ3v) is 1.62. The summed E-state index contributed by atoms with van der Waals surface area (Å²) in [6, 6.07) is 8.54. The Bertz CT molecular complexity index is 438. The molecule has 68 valence electrons. The van der Waals surface area contributed by atoms with E-state index in [1.807, 2.05) is 0 Å². The van der Waals surface area contributed by atoms with Crippen molar-refractivity contribution in [1.29, 1.82) is 10.5 Å². The van der Waals surface area contributed by atoms with E-state index >= 15 is 0 Å². The zero-order chi connectivity index (χ0) is 10.6. The van der Waals surface area contributed by atoms with Gasteiger partial charge in [0.25, 0.3) is 11.6 Å². The number of hydrogen-bond acceptors (Lipinski definition) is 4. The summed E-state index contributed by atoms with van der Waals surface area (Å²) in [7, 11) is 0. The maximum atomic E-state index is 11.0. The Balaban J connectivity index is 0.00000196. The first-order valence-electron chi connectivity index (χ1n) is 3.68. The van der Waals surface area contributed by atoms with E-state index in [0.29, 0.717) is 0 Å². The van der Waals surface area contributed by atoms with Crippen LogP contribution in [0.5, 0.6) is 0 Å². The van der Waals surface area contributed by atoms with Gasteiger partial charge in [0.2, 0.25) is 0 Å². The first-order chi connectivity index (χ1) is 6.70. The standard InChI is InChI=1S/C10H4N2O2.Zn/c11-5-9(13)7-3-1-2-4-8(7)10(14)6-12;/h1-4H;. The zero-order valence-corrected chi connectivity index (χ0v) is 10.7. The molecule has 5 heteroatoms. The van der Waals surface area contributed by atoms with Crippen molar-refractivity contribution in [2.45, 2.75) is 0 Å². The van der Waals surface area contributed by atoms with Gasteiger partial charge in [-0.3, -0.25) is 9.59 Å². The number of benzene rings is 1. The average molecular weight is 250 g/mol. The second-order valence-electron chi connectivity index (χ2n) is 2.43. The molecule has 0 unspecified atom stereocenters. The maximum Gasteiger partial charge on any atom is 0.262 e. The van der Waals surface area contributed by atoms with Crippen molar-refractivity contribution in [3.8, 4) is 12.1 Å². The van der Waals surface area contributed by atoms with Gasteiger partial charge in [-0.1, -0.05) is 12.1 Å². The predicted molar refractivity (Wildman–Crippen MR) is 46.3 cm³/mol. The molecular formula is C10H4N2O2Zn. The van der Waals surface area contributed by atoms with Crippen LogP contribution in [0.1, 0.15) is 20.7 Å². The Morgan fingerprint density at radius 2 is 1.27 bits per heavy atom. The molecule has 0 N–H and O–H groups in total. The second kappa shape index (κ2) is 5.80. The smallest absolute Gasteiger partial charge is 0.262 e. The van der Waals surface area contributed by atoms with E-state index < -0.39 is 11.6 Å². The molecule has 0 bridgehead atoms. The Morgan fingerprint density at radius 1 is 0.933 bits per heavy atom. The number of carbonyl (C=O) groups is 2. The van der Waals surface area contributed by atoms with Crippen molar-refractivity contribution in [3.05, 3.63) is 35.4 Å². The summed E-state index contributed by atoms with van der Waals surface area (Å²) in [4.78, 5) is 22.1. The summed E-state index contributed by atoms with van der Waals surface area (Å²) in [5.74, 6) is -1.63. The topological polar surface area (TPSA) is 81.7 Å². The van der Waals surface area contributed by atoms with E-state index in [0.717, 1.165) is 0 Å². The largest absolute Gasteiger partial charge is 0.277 e. The average Bonchev–Trinajstić information content (AvgIpc) is 2.27. The van der Waals surface area contributed by atoms with Crippen LogP contribution < -0.4 is 0 Å². The van der Waals surface area contributed by atoms with Gasteiger partial charge in [0.15, 0.2) is 0 Å². The minimum absolute atomic E-state index is 0. The van der Waals surface area contributed by atoms with Crippen molar-refractivity contribution >= 4 is 11.6 Å². The molecule has 0 aliphatic heterocycles. The number of ketones is 2. The quantitative estimate of drug-likeness (QED) is 0.446. The summed E-state index contributed by atoms with van der Waals surface area (Å²) in [5.41, 5.74) is -0.0527. The summed E-state index contributed by atoms with van der Waals surface area (Å²) in [6.45, 7) is 0. The summed E-state index contributed by atoms with van der Waals surface area (Å²) in [5, 5.41) is 16.7. The monoisotopic (exact) mass is 248 g/mol. The van der Waals surface area contributed by atoms with Crippen molar-refractivity contribution in [3.63, 3.8) is 0 Å². The number of hydrogen-bond donors (Lipinski definition) is 0. The summed E-state index contributed by atoms with van der Waals surface area (Å²) >= 11 is 0. The molecule has 0 aliphatic carbocycles. The molecule has 4 nitrogen and oxygen atoms in total. The first-order valence-corrected chi connectivity index (χ1v) is 3.68. The Hall–Kier alpha value is -1.84. The van der Waals surface area contributed by atoms with Gasteiger partial charge in [-0.2, -0.15) is 10.5 Å². The Morgan fingerprint density at radius 3 is 1.53 bits per heavy atom. The molecule has 0 heterocycles. The van der Waals surface area contributed by atoms with Crippen molar-refractivity contribution in [2.75, 3.05) is 0 Å². The van der Waals surface area contributed by atoms with Gasteiger partial charge in [-0.05, 0) is 12.1 Å². The van der Waals surface area contributed by atoms with Crippen molar-refractivity contribution in [1.82, 2.24) is 0 Å². The second-order valence-corrected chi connectivity index (χ2v) is 2.43. The van der Waals surface area contributed by atoms with E-state index in [4.69, 9.17) is 10.5 Å². The van der Waals surface area contributed by atoms with Gasteiger partial charge in [0, 0.05) is 30.6 Å². The fourth-order valence-corrected chi connectivity index (χ4v) is 1.000. The van der Waals surface area contributed by atoms with Crippen LogP contribution in [0.3, 0.4) is 0 Å². The van der Waals surface area contributed by atoms with Gasteiger partial charge in [0.05, 0.1) is 0 Å². The molecular weight excluding hydrogens is 246 g/mol. The molecule has 1 aromatic rings. The van der Waals surface area contributed by atoms with E-state index in [-0.39, 0.29) is 30.6 Å². The molecule has 0 spiro atoms. The van der Waals surface area contributed by atoms with Crippen LogP contribution in [0.2, 0.25) is 0 Å². The van der Waals surface area contributed by atoms with Crippen LogP contribution >= 0.6 is 0 Å². The Labute approximate surface area is 98.9 Å². The predicted octanol–water partition coefficient (Wildman–Crippen LogP) is 1.10. The summed E-state index contributed by atoms with van der Waals surface area (Å²) in [6.07, 6.45) is 0. The molecule has 0 saturated heterocycles. The molecule has 1 aromatic carbocycles. The molecule has 0 saturated carbocycles. The maximum absolute atomic E-state index is 11.0. The van der Waals surface area contributed by atoms with Gasteiger partial charge in [0.1, 0.15) is 12.1 Å². The zero-order valence-electron chi connectivity index (χ0n) is 7.73. The minimum atomic E-state index is -0.816. The number of carbonyl (C=O) groups excluding carboxylic acids is 2. The third kappa shape index (κ3) is 2.81. The first kappa shape index (κ1) is 13.2. The van der Waals surface area contributed by atoms with Crippen LogP contribution in [0.4, 0.5) is 0 Å². The van der Waals surface area contributed by atoms with Crippen LogP contribution in [-0.2, 0) is 19.5 Å². The van der Waals surface area contributed by atoms with Crippen LogP contribution in [-0.4, -0.2) is 11.6 Å². The minimum Gasteiger partial charge on any atom is -0.277 e. The number of nitriles is 2. The number of nitrogens with zero attached hydrogens (tertiary/aromatic N) is 2.